The zero-order valence-electron chi connectivity index (χ0n) is 15.5. The lowest BCUT2D eigenvalue weighted by Crippen LogP contribution is -2.39. The van der Waals surface area contributed by atoms with Crippen molar-refractivity contribution in [3.8, 4) is 0 Å². The summed E-state index contributed by atoms with van der Waals surface area (Å²) in [7, 11) is -4.40. The van der Waals surface area contributed by atoms with E-state index in [0.717, 1.165) is 18.2 Å². The highest BCUT2D eigenvalue weighted by Gasteiger charge is 2.38. The minimum Gasteiger partial charge on any atom is -0.310 e. The molecule has 0 saturated carbocycles. The maximum atomic E-state index is 12.8. The second-order valence-electron chi connectivity index (χ2n) is 6.65. The largest absolute Gasteiger partial charge is 0.417 e. The van der Waals surface area contributed by atoms with Gasteiger partial charge in [0, 0.05) is 6.20 Å². The number of nitrogens with zero attached hydrogens (tertiary/aromatic N) is 1. The Morgan fingerprint density at radius 2 is 1.40 bits per heavy atom. The first-order chi connectivity index (χ1) is 13.6. The molecule has 0 fully saturated rings. The van der Waals surface area contributed by atoms with E-state index >= 15 is 0 Å². The summed E-state index contributed by atoms with van der Waals surface area (Å²) < 4.78 is 101. The van der Waals surface area contributed by atoms with Crippen LogP contribution in [0.4, 0.5) is 32.2 Å². The Morgan fingerprint density at radius 1 is 0.900 bits per heavy atom. The molecule has 2 rings (SSSR count). The average Bonchev–Trinajstić information content (AvgIpc) is 2.60. The van der Waals surface area contributed by atoms with Crippen LogP contribution in [0.2, 0.25) is 0 Å². The summed E-state index contributed by atoms with van der Waals surface area (Å²) in [6, 6.07) is 4.19. The molecule has 0 aliphatic rings. The number of carbonyl (C=O) groups excluding carboxylic acids is 1. The number of sulfone groups is 1. The van der Waals surface area contributed by atoms with Crippen LogP contribution in [-0.2, 0) is 27.0 Å². The minimum atomic E-state index is -4.66. The lowest BCUT2D eigenvalue weighted by atomic mass is 10.1. The van der Waals surface area contributed by atoms with Gasteiger partial charge in [0.05, 0.1) is 16.0 Å². The number of pyridine rings is 1. The van der Waals surface area contributed by atoms with Crippen LogP contribution in [0.25, 0.3) is 0 Å². The molecule has 0 bridgehead atoms. The molecule has 1 heterocycles. The van der Waals surface area contributed by atoms with Crippen molar-refractivity contribution in [1.82, 2.24) is 4.98 Å². The standard InChI is InChI=1S/C18H16F6N2O3S/c1-10(2)15(16(27)26-14-8-5-12(9-25-14)18(22,23)24)30(28,29)13-6-3-11(4-7-13)17(19,20)21/h3-10,15H,1-2H3,(H,25,26,27). The van der Waals surface area contributed by atoms with Gasteiger partial charge in [0.25, 0.3) is 0 Å². The number of benzene rings is 1. The molecule has 1 unspecified atom stereocenters. The van der Waals surface area contributed by atoms with Gasteiger partial charge in [-0.2, -0.15) is 26.3 Å². The topological polar surface area (TPSA) is 76.1 Å². The summed E-state index contributed by atoms with van der Waals surface area (Å²) in [4.78, 5) is 15.5. The molecule has 1 aromatic carbocycles. The monoisotopic (exact) mass is 454 g/mol. The van der Waals surface area contributed by atoms with Gasteiger partial charge in [0.1, 0.15) is 11.1 Å². The van der Waals surface area contributed by atoms with Crippen LogP contribution in [0.5, 0.6) is 0 Å². The van der Waals surface area contributed by atoms with Gasteiger partial charge < -0.3 is 5.32 Å². The maximum Gasteiger partial charge on any atom is 0.417 e. The highest BCUT2D eigenvalue weighted by atomic mass is 32.2. The zero-order valence-corrected chi connectivity index (χ0v) is 16.4. The van der Waals surface area contributed by atoms with Crippen LogP contribution in [0.1, 0.15) is 25.0 Å². The number of hydrogen-bond acceptors (Lipinski definition) is 4. The first-order valence-corrected chi connectivity index (χ1v) is 9.94. The molecule has 1 amide bonds. The normalized spacial score (nSPS) is 13.9. The zero-order chi connectivity index (χ0) is 22.9. The van der Waals surface area contributed by atoms with Crippen molar-refractivity contribution in [2.75, 3.05) is 5.32 Å². The Hall–Kier alpha value is -2.63. The smallest absolute Gasteiger partial charge is 0.310 e. The van der Waals surface area contributed by atoms with Gasteiger partial charge in [-0.1, -0.05) is 13.8 Å². The van der Waals surface area contributed by atoms with Gasteiger partial charge in [-0.05, 0) is 42.3 Å². The van der Waals surface area contributed by atoms with Gasteiger partial charge >= 0.3 is 12.4 Å². The number of aromatic nitrogens is 1. The lowest BCUT2D eigenvalue weighted by molar-refractivity contribution is -0.138. The van der Waals surface area contributed by atoms with Crippen molar-refractivity contribution in [2.24, 2.45) is 5.92 Å². The van der Waals surface area contributed by atoms with Crippen LogP contribution in [0.15, 0.2) is 47.5 Å². The predicted octanol–water partition coefficient (Wildman–Crippen LogP) is 4.56. The van der Waals surface area contributed by atoms with E-state index in [1.54, 1.807) is 0 Å². The van der Waals surface area contributed by atoms with E-state index in [2.05, 4.69) is 10.3 Å². The van der Waals surface area contributed by atoms with Gasteiger partial charge in [-0.3, -0.25) is 4.79 Å². The molecule has 164 valence electrons. The van der Waals surface area contributed by atoms with Crippen molar-refractivity contribution in [3.05, 3.63) is 53.7 Å². The fraction of sp³-hybridized carbons (Fsp3) is 0.333. The first-order valence-electron chi connectivity index (χ1n) is 8.39. The number of halogens is 6. The van der Waals surface area contributed by atoms with E-state index in [9.17, 15) is 39.6 Å². The van der Waals surface area contributed by atoms with Crippen molar-refractivity contribution in [2.45, 2.75) is 36.3 Å². The molecule has 0 radical (unpaired) electrons. The highest BCUT2D eigenvalue weighted by molar-refractivity contribution is 7.92. The number of alkyl halides is 6. The van der Waals surface area contributed by atoms with E-state index in [1.165, 1.54) is 13.8 Å². The molecule has 0 saturated heterocycles. The van der Waals surface area contributed by atoms with Crippen LogP contribution >= 0.6 is 0 Å². The Morgan fingerprint density at radius 3 is 1.80 bits per heavy atom. The van der Waals surface area contributed by atoms with E-state index in [0.29, 0.717) is 24.4 Å². The van der Waals surface area contributed by atoms with E-state index in [4.69, 9.17) is 0 Å². The molecule has 1 aromatic heterocycles. The Kier molecular flexibility index (Phi) is 6.50. The summed E-state index contributed by atoms with van der Waals surface area (Å²) in [6.07, 6.45) is -8.82. The number of carbonyl (C=O) groups is 1. The Bertz CT molecular complexity index is 998. The number of anilines is 1. The molecular formula is C18H16F6N2O3S. The van der Waals surface area contributed by atoms with Crippen molar-refractivity contribution >= 4 is 21.6 Å². The molecule has 1 atom stereocenters. The number of hydrogen-bond donors (Lipinski definition) is 1. The molecular weight excluding hydrogens is 438 g/mol. The SMILES string of the molecule is CC(C)C(C(=O)Nc1ccc(C(F)(F)F)cn1)S(=O)(=O)c1ccc(C(F)(F)F)cc1. The molecule has 1 N–H and O–H groups in total. The van der Waals surface area contributed by atoms with Crippen molar-refractivity contribution in [1.29, 1.82) is 0 Å². The van der Waals surface area contributed by atoms with Crippen LogP contribution in [0.3, 0.4) is 0 Å². The highest BCUT2D eigenvalue weighted by Crippen LogP contribution is 2.31. The van der Waals surface area contributed by atoms with E-state index in [1.807, 2.05) is 0 Å². The van der Waals surface area contributed by atoms with Crippen molar-refractivity contribution < 1.29 is 39.6 Å². The summed E-state index contributed by atoms with van der Waals surface area (Å²) in [5.41, 5.74) is -2.11. The second-order valence-corrected chi connectivity index (χ2v) is 8.72. The van der Waals surface area contributed by atoms with Gasteiger partial charge in [0.2, 0.25) is 5.91 Å². The summed E-state index contributed by atoms with van der Waals surface area (Å²) in [5, 5.41) is 0.427. The number of rotatable bonds is 5. The first kappa shape index (κ1) is 23.6. The van der Waals surface area contributed by atoms with E-state index in [-0.39, 0.29) is 5.82 Å². The summed E-state index contributed by atoms with van der Waals surface area (Å²) in [6.45, 7) is 2.82. The molecule has 0 spiro atoms. The summed E-state index contributed by atoms with van der Waals surface area (Å²) >= 11 is 0. The fourth-order valence-corrected chi connectivity index (χ4v) is 4.48. The number of nitrogens with one attached hydrogen (secondary N) is 1. The molecule has 5 nitrogen and oxygen atoms in total. The predicted molar refractivity (Wildman–Crippen MR) is 95.1 cm³/mol. The van der Waals surface area contributed by atoms with Crippen LogP contribution in [-0.4, -0.2) is 24.6 Å². The quantitative estimate of drug-likeness (QED) is 0.673. The van der Waals surface area contributed by atoms with Crippen molar-refractivity contribution in [3.63, 3.8) is 0 Å². The third kappa shape index (κ3) is 5.29. The van der Waals surface area contributed by atoms with E-state index < -0.39 is 55.3 Å². The van der Waals surface area contributed by atoms with Gasteiger partial charge in [-0.15, -0.1) is 0 Å². The summed E-state index contributed by atoms with van der Waals surface area (Å²) in [5.74, 6) is -2.18. The molecule has 0 aliphatic heterocycles. The van der Waals surface area contributed by atoms with Gasteiger partial charge in [0.15, 0.2) is 9.84 Å². The fourth-order valence-electron chi connectivity index (χ4n) is 2.62. The Balaban J connectivity index is 2.30. The average molecular weight is 454 g/mol. The molecule has 12 heteroatoms. The third-order valence-corrected chi connectivity index (χ3v) is 6.41. The number of amides is 1. The second kappa shape index (κ2) is 8.25. The molecule has 0 aliphatic carbocycles. The van der Waals surface area contributed by atoms with Crippen LogP contribution in [0, 0.1) is 5.92 Å². The molecule has 30 heavy (non-hydrogen) atoms. The minimum absolute atomic E-state index is 0.304. The maximum absolute atomic E-state index is 12.8. The molecule has 2 aromatic rings. The van der Waals surface area contributed by atoms with Gasteiger partial charge in [-0.25, -0.2) is 13.4 Å². The van der Waals surface area contributed by atoms with Crippen LogP contribution < -0.4 is 5.32 Å². The Labute approximate surface area is 168 Å². The lowest BCUT2D eigenvalue weighted by Gasteiger charge is -2.21. The third-order valence-electron chi connectivity index (χ3n) is 4.05.